The van der Waals surface area contributed by atoms with Gasteiger partial charge < -0.3 is 24.8 Å². The summed E-state index contributed by atoms with van der Waals surface area (Å²) in [5, 5.41) is 13.5. The molecule has 0 radical (unpaired) electrons. The summed E-state index contributed by atoms with van der Waals surface area (Å²) < 4.78 is 11.2. The molecule has 0 saturated heterocycles. The molecule has 0 heterocycles. The van der Waals surface area contributed by atoms with Crippen molar-refractivity contribution >= 4 is 11.8 Å². The second kappa shape index (κ2) is 11.6. The zero-order chi connectivity index (χ0) is 17.9. The second-order valence-electron chi connectivity index (χ2n) is 6.15. The molecule has 138 valence electrons. The molecule has 0 aliphatic rings. The number of thioether (sulfide) groups is 1. The molecular weight excluding hydrogens is 324 g/mol. The number of hydrogen-bond donors (Lipinski definition) is 2. The Bertz CT molecular complexity index is 472. The summed E-state index contributed by atoms with van der Waals surface area (Å²) in [4.78, 5) is 2.09. The molecule has 1 aromatic rings. The largest absolute Gasteiger partial charge is 0.493 e. The van der Waals surface area contributed by atoms with E-state index in [1.807, 2.05) is 37.0 Å². The van der Waals surface area contributed by atoms with Crippen LogP contribution in [0.4, 0.5) is 0 Å². The molecule has 1 aromatic carbocycles. The average molecular weight is 357 g/mol. The van der Waals surface area contributed by atoms with Crippen LogP contribution in [0.15, 0.2) is 18.2 Å². The zero-order valence-electron chi connectivity index (χ0n) is 15.5. The van der Waals surface area contributed by atoms with Gasteiger partial charge in [-0.3, -0.25) is 0 Å². The Labute approximate surface area is 150 Å². The monoisotopic (exact) mass is 356 g/mol. The predicted octanol–water partition coefficient (Wildman–Crippen LogP) is 2.23. The Balaban J connectivity index is 2.52. The first-order valence-corrected chi connectivity index (χ1v) is 9.75. The van der Waals surface area contributed by atoms with Crippen molar-refractivity contribution in [2.75, 3.05) is 45.9 Å². The lowest BCUT2D eigenvalue weighted by atomic mass is 10.2. The van der Waals surface area contributed by atoms with Crippen molar-refractivity contribution in [3.05, 3.63) is 23.8 Å². The van der Waals surface area contributed by atoms with Gasteiger partial charge >= 0.3 is 0 Å². The SMILES string of the molecule is COc1cc(CNCCSC)ccc1OC[C@H](O)CN(C)C(C)C. The number of hydrogen-bond acceptors (Lipinski definition) is 6. The highest BCUT2D eigenvalue weighted by atomic mass is 32.2. The van der Waals surface area contributed by atoms with Gasteiger partial charge in [0.2, 0.25) is 0 Å². The Kier molecular flexibility index (Phi) is 10.2. The Morgan fingerprint density at radius 2 is 2.04 bits per heavy atom. The van der Waals surface area contributed by atoms with Gasteiger partial charge in [0.15, 0.2) is 11.5 Å². The highest BCUT2D eigenvalue weighted by Crippen LogP contribution is 2.28. The van der Waals surface area contributed by atoms with Gasteiger partial charge in [-0.1, -0.05) is 6.07 Å². The van der Waals surface area contributed by atoms with Crippen molar-refractivity contribution in [1.29, 1.82) is 0 Å². The number of benzene rings is 1. The second-order valence-corrected chi connectivity index (χ2v) is 7.14. The summed E-state index contributed by atoms with van der Waals surface area (Å²) in [5.41, 5.74) is 1.15. The highest BCUT2D eigenvalue weighted by molar-refractivity contribution is 7.98. The number of nitrogens with zero attached hydrogens (tertiary/aromatic N) is 1. The molecule has 0 unspecified atom stereocenters. The topological polar surface area (TPSA) is 54.0 Å². The van der Waals surface area contributed by atoms with Gasteiger partial charge in [-0.15, -0.1) is 0 Å². The molecular formula is C18H32N2O3S. The maximum absolute atomic E-state index is 10.1. The summed E-state index contributed by atoms with van der Waals surface area (Å²) in [7, 11) is 3.63. The summed E-state index contributed by atoms with van der Waals surface area (Å²) in [6.07, 6.45) is 1.57. The molecule has 0 fully saturated rings. The first-order chi connectivity index (χ1) is 11.5. The molecule has 0 bridgehead atoms. The van der Waals surface area contributed by atoms with Crippen LogP contribution in [0, 0.1) is 0 Å². The van der Waals surface area contributed by atoms with Gasteiger partial charge in [-0.05, 0) is 44.8 Å². The number of methoxy groups -OCH3 is 1. The standard InChI is InChI=1S/C18H32N2O3S/c1-14(2)20(3)12-16(21)13-23-17-7-6-15(10-18(17)22-4)11-19-8-9-24-5/h6-7,10,14,16,19,21H,8-9,11-13H2,1-5H3/t16-/m1/s1. The van der Waals surface area contributed by atoms with E-state index in [0.717, 1.165) is 24.4 Å². The van der Waals surface area contributed by atoms with Crippen molar-refractivity contribution in [2.24, 2.45) is 0 Å². The van der Waals surface area contributed by atoms with Crippen LogP contribution in [0.1, 0.15) is 19.4 Å². The number of rotatable bonds is 12. The van der Waals surface area contributed by atoms with E-state index in [1.54, 1.807) is 7.11 Å². The fraction of sp³-hybridized carbons (Fsp3) is 0.667. The van der Waals surface area contributed by atoms with E-state index in [4.69, 9.17) is 9.47 Å². The van der Waals surface area contributed by atoms with E-state index < -0.39 is 6.10 Å². The molecule has 0 aliphatic carbocycles. The molecule has 1 atom stereocenters. The fourth-order valence-corrected chi connectivity index (χ4v) is 2.48. The van der Waals surface area contributed by atoms with E-state index in [2.05, 4.69) is 30.3 Å². The Morgan fingerprint density at radius 3 is 2.67 bits per heavy atom. The van der Waals surface area contributed by atoms with Crippen LogP contribution in [0.25, 0.3) is 0 Å². The van der Waals surface area contributed by atoms with Gasteiger partial charge in [0, 0.05) is 31.4 Å². The van der Waals surface area contributed by atoms with Crippen LogP contribution in [0.5, 0.6) is 11.5 Å². The Morgan fingerprint density at radius 1 is 1.29 bits per heavy atom. The van der Waals surface area contributed by atoms with Gasteiger partial charge in [0.1, 0.15) is 12.7 Å². The fourth-order valence-electron chi connectivity index (χ4n) is 2.13. The van der Waals surface area contributed by atoms with Crippen LogP contribution >= 0.6 is 11.8 Å². The Hall–Kier alpha value is -0.950. The highest BCUT2D eigenvalue weighted by Gasteiger charge is 2.13. The molecule has 24 heavy (non-hydrogen) atoms. The third-order valence-electron chi connectivity index (χ3n) is 3.85. The normalized spacial score (nSPS) is 12.7. The molecule has 0 amide bonds. The molecule has 0 aromatic heterocycles. The smallest absolute Gasteiger partial charge is 0.161 e. The summed E-state index contributed by atoms with van der Waals surface area (Å²) in [6.45, 7) is 6.82. The number of aliphatic hydroxyl groups is 1. The summed E-state index contributed by atoms with van der Waals surface area (Å²) in [5.74, 6) is 2.46. The molecule has 0 spiro atoms. The number of likely N-dealkylation sites (N-methyl/N-ethyl adjacent to an activating group) is 1. The van der Waals surface area contributed by atoms with Crippen molar-refractivity contribution in [2.45, 2.75) is 32.5 Å². The lowest BCUT2D eigenvalue weighted by Gasteiger charge is -2.24. The van der Waals surface area contributed by atoms with Crippen molar-refractivity contribution < 1.29 is 14.6 Å². The first-order valence-electron chi connectivity index (χ1n) is 8.35. The third-order valence-corrected chi connectivity index (χ3v) is 4.46. The van der Waals surface area contributed by atoms with Gasteiger partial charge in [-0.2, -0.15) is 11.8 Å². The van der Waals surface area contributed by atoms with E-state index in [1.165, 1.54) is 0 Å². The minimum absolute atomic E-state index is 0.249. The van der Waals surface area contributed by atoms with Crippen LogP contribution < -0.4 is 14.8 Å². The summed E-state index contributed by atoms with van der Waals surface area (Å²) >= 11 is 1.83. The third kappa shape index (κ3) is 7.75. The summed E-state index contributed by atoms with van der Waals surface area (Å²) in [6, 6.07) is 6.31. The lowest BCUT2D eigenvalue weighted by molar-refractivity contribution is 0.0668. The maximum atomic E-state index is 10.1. The van der Waals surface area contributed by atoms with E-state index >= 15 is 0 Å². The lowest BCUT2D eigenvalue weighted by Crippen LogP contribution is -2.36. The maximum Gasteiger partial charge on any atom is 0.161 e. The number of aliphatic hydroxyl groups excluding tert-OH is 1. The molecule has 0 aliphatic heterocycles. The molecule has 5 nitrogen and oxygen atoms in total. The minimum atomic E-state index is -0.532. The van der Waals surface area contributed by atoms with Crippen LogP contribution in [0.2, 0.25) is 0 Å². The zero-order valence-corrected chi connectivity index (χ0v) is 16.4. The minimum Gasteiger partial charge on any atom is -0.493 e. The van der Waals surface area contributed by atoms with Crippen LogP contribution in [-0.2, 0) is 6.54 Å². The average Bonchev–Trinajstić information content (AvgIpc) is 2.57. The quantitative estimate of drug-likeness (QED) is 0.560. The molecule has 2 N–H and O–H groups in total. The van der Waals surface area contributed by atoms with Crippen LogP contribution in [0.3, 0.4) is 0 Å². The molecule has 1 rings (SSSR count). The van der Waals surface area contributed by atoms with E-state index in [-0.39, 0.29) is 6.61 Å². The van der Waals surface area contributed by atoms with E-state index in [9.17, 15) is 5.11 Å². The van der Waals surface area contributed by atoms with Gasteiger partial charge in [0.05, 0.1) is 7.11 Å². The predicted molar refractivity (Wildman–Crippen MR) is 102 cm³/mol. The van der Waals surface area contributed by atoms with E-state index in [0.29, 0.717) is 24.1 Å². The first kappa shape index (κ1) is 21.1. The number of nitrogens with one attached hydrogen (secondary N) is 1. The number of ether oxygens (including phenoxy) is 2. The van der Waals surface area contributed by atoms with Crippen molar-refractivity contribution in [1.82, 2.24) is 10.2 Å². The van der Waals surface area contributed by atoms with Crippen molar-refractivity contribution in [3.8, 4) is 11.5 Å². The van der Waals surface area contributed by atoms with Gasteiger partial charge in [-0.25, -0.2) is 0 Å². The van der Waals surface area contributed by atoms with Crippen molar-refractivity contribution in [3.63, 3.8) is 0 Å². The molecule has 0 saturated carbocycles. The molecule has 6 heteroatoms. The van der Waals surface area contributed by atoms with Gasteiger partial charge in [0.25, 0.3) is 0 Å². The van der Waals surface area contributed by atoms with Crippen LogP contribution in [-0.4, -0.2) is 68.0 Å².